The number of sulfonamides is 1. The molecule has 6 nitrogen and oxygen atoms in total. The molecule has 1 amide bonds. The van der Waals surface area contributed by atoms with Crippen LogP contribution < -0.4 is 5.32 Å². The molecule has 3 aromatic rings. The smallest absolute Gasteiger partial charge is 0.237 e. The fourth-order valence-electron chi connectivity index (χ4n) is 2.84. The maximum atomic E-state index is 13.0. The maximum absolute atomic E-state index is 13.0. The van der Waals surface area contributed by atoms with Crippen molar-refractivity contribution in [1.82, 2.24) is 9.62 Å². The number of carbonyl (C=O) groups is 1. The van der Waals surface area contributed by atoms with Gasteiger partial charge in [0.05, 0.1) is 19.4 Å². The second kappa shape index (κ2) is 10.7. The summed E-state index contributed by atoms with van der Waals surface area (Å²) in [6.45, 7) is -0.121. The van der Waals surface area contributed by atoms with Crippen molar-refractivity contribution >= 4 is 22.0 Å². The number of hydrogen-bond acceptors (Lipinski definition) is 4. The van der Waals surface area contributed by atoms with Gasteiger partial charge in [-0.05, 0) is 47.9 Å². The molecule has 1 N–H and O–H groups in total. The van der Waals surface area contributed by atoms with Crippen LogP contribution in [0, 0.1) is 5.82 Å². The van der Waals surface area contributed by atoms with Crippen molar-refractivity contribution in [3.05, 3.63) is 101 Å². The topological polar surface area (TPSA) is 79.6 Å². The molecule has 0 radical (unpaired) electrons. The van der Waals surface area contributed by atoms with E-state index in [1.165, 1.54) is 24.5 Å². The fraction of sp³-hybridized carbons (Fsp3) is 0.174. The first-order valence-electron chi connectivity index (χ1n) is 9.69. The second-order valence-electron chi connectivity index (χ2n) is 6.83. The number of amides is 1. The van der Waals surface area contributed by atoms with E-state index in [4.69, 9.17) is 4.42 Å². The van der Waals surface area contributed by atoms with Gasteiger partial charge in [-0.25, -0.2) is 12.8 Å². The second-order valence-corrected chi connectivity index (χ2v) is 8.65. The summed E-state index contributed by atoms with van der Waals surface area (Å²) in [4.78, 5) is 12.4. The van der Waals surface area contributed by atoms with Crippen LogP contribution in [-0.4, -0.2) is 31.7 Å². The average Bonchev–Trinajstić information content (AvgIpc) is 3.27. The summed E-state index contributed by atoms with van der Waals surface area (Å²) in [5.41, 5.74) is 1.60. The lowest BCUT2D eigenvalue weighted by Crippen LogP contribution is -2.40. The number of furan rings is 1. The SMILES string of the molecule is O=C(CN(Cc1ccco1)S(=O)(=O)/C=C/c1ccccc1)NCCc1ccc(F)cc1. The molecule has 3 rings (SSSR count). The lowest BCUT2D eigenvalue weighted by atomic mass is 10.1. The Morgan fingerprint density at radius 1 is 1.03 bits per heavy atom. The molecule has 0 unspecified atom stereocenters. The zero-order valence-corrected chi connectivity index (χ0v) is 17.6. The highest BCUT2D eigenvalue weighted by atomic mass is 32.2. The highest BCUT2D eigenvalue weighted by molar-refractivity contribution is 7.92. The van der Waals surface area contributed by atoms with Gasteiger partial charge >= 0.3 is 0 Å². The zero-order valence-electron chi connectivity index (χ0n) is 16.8. The number of benzene rings is 2. The molecule has 0 aliphatic carbocycles. The van der Waals surface area contributed by atoms with Crippen LogP contribution in [0.4, 0.5) is 4.39 Å². The van der Waals surface area contributed by atoms with Crippen LogP contribution in [-0.2, 0) is 27.8 Å². The van der Waals surface area contributed by atoms with Crippen molar-refractivity contribution in [2.24, 2.45) is 0 Å². The Bertz CT molecular complexity index is 1100. The average molecular weight is 443 g/mol. The molecule has 1 aromatic heterocycles. The van der Waals surface area contributed by atoms with E-state index in [-0.39, 0.29) is 18.9 Å². The van der Waals surface area contributed by atoms with E-state index in [0.29, 0.717) is 18.7 Å². The van der Waals surface area contributed by atoms with Crippen molar-refractivity contribution in [3.8, 4) is 0 Å². The minimum atomic E-state index is -3.88. The molecule has 0 saturated carbocycles. The number of carbonyl (C=O) groups excluding carboxylic acids is 1. The molecule has 0 fully saturated rings. The van der Waals surface area contributed by atoms with E-state index in [1.807, 2.05) is 18.2 Å². The van der Waals surface area contributed by atoms with Crippen LogP contribution >= 0.6 is 0 Å². The van der Waals surface area contributed by atoms with Gasteiger partial charge in [-0.2, -0.15) is 4.31 Å². The van der Waals surface area contributed by atoms with Gasteiger partial charge < -0.3 is 9.73 Å². The Kier molecular flexibility index (Phi) is 7.75. The summed E-state index contributed by atoms with van der Waals surface area (Å²) in [6.07, 6.45) is 3.43. The minimum absolute atomic E-state index is 0.0696. The minimum Gasteiger partial charge on any atom is -0.468 e. The fourth-order valence-corrected chi connectivity index (χ4v) is 3.95. The third kappa shape index (κ3) is 7.20. The zero-order chi connectivity index (χ0) is 22.1. The van der Waals surface area contributed by atoms with Gasteiger partial charge in [-0.15, -0.1) is 0 Å². The van der Waals surface area contributed by atoms with Gasteiger partial charge in [0.1, 0.15) is 11.6 Å². The van der Waals surface area contributed by atoms with E-state index in [2.05, 4.69) is 5.32 Å². The maximum Gasteiger partial charge on any atom is 0.237 e. The van der Waals surface area contributed by atoms with E-state index >= 15 is 0 Å². The van der Waals surface area contributed by atoms with Crippen LogP contribution in [0.25, 0.3) is 6.08 Å². The van der Waals surface area contributed by atoms with Gasteiger partial charge in [0, 0.05) is 12.0 Å². The number of rotatable bonds is 10. The van der Waals surface area contributed by atoms with Crippen molar-refractivity contribution in [3.63, 3.8) is 0 Å². The molecular weight excluding hydrogens is 419 g/mol. The van der Waals surface area contributed by atoms with Crippen LogP contribution in [0.1, 0.15) is 16.9 Å². The molecule has 162 valence electrons. The van der Waals surface area contributed by atoms with Gasteiger partial charge in [0.25, 0.3) is 0 Å². The monoisotopic (exact) mass is 442 g/mol. The third-order valence-electron chi connectivity index (χ3n) is 4.47. The van der Waals surface area contributed by atoms with E-state index in [0.717, 1.165) is 20.8 Å². The van der Waals surface area contributed by atoms with Gasteiger partial charge in [0.15, 0.2) is 0 Å². The lowest BCUT2D eigenvalue weighted by Gasteiger charge is -2.19. The van der Waals surface area contributed by atoms with E-state index < -0.39 is 15.9 Å². The van der Waals surface area contributed by atoms with E-state index in [9.17, 15) is 17.6 Å². The quantitative estimate of drug-likeness (QED) is 0.521. The number of nitrogens with zero attached hydrogens (tertiary/aromatic N) is 1. The van der Waals surface area contributed by atoms with Crippen molar-refractivity contribution in [2.45, 2.75) is 13.0 Å². The van der Waals surface area contributed by atoms with Gasteiger partial charge in [0.2, 0.25) is 15.9 Å². The van der Waals surface area contributed by atoms with Crippen molar-refractivity contribution < 1.29 is 22.0 Å². The van der Waals surface area contributed by atoms with Gasteiger partial charge in [-0.3, -0.25) is 4.79 Å². The summed E-state index contributed by atoms with van der Waals surface area (Å²) in [5, 5.41) is 3.79. The Balaban J connectivity index is 1.64. The first-order chi connectivity index (χ1) is 14.9. The molecule has 0 aliphatic rings. The molecular formula is C23H23FN2O4S. The predicted molar refractivity (Wildman–Crippen MR) is 117 cm³/mol. The normalized spacial score (nSPS) is 11.8. The molecule has 0 atom stereocenters. The van der Waals surface area contributed by atoms with Crippen LogP contribution in [0.2, 0.25) is 0 Å². The first kappa shape index (κ1) is 22.5. The van der Waals surface area contributed by atoms with Crippen molar-refractivity contribution in [1.29, 1.82) is 0 Å². The van der Waals surface area contributed by atoms with Crippen LogP contribution in [0.5, 0.6) is 0 Å². The first-order valence-corrected chi connectivity index (χ1v) is 11.2. The van der Waals surface area contributed by atoms with E-state index in [1.54, 1.807) is 36.4 Å². The summed E-state index contributed by atoms with van der Waals surface area (Å²) in [5.74, 6) is -0.337. The molecule has 31 heavy (non-hydrogen) atoms. The largest absolute Gasteiger partial charge is 0.468 e. The van der Waals surface area contributed by atoms with Crippen LogP contribution in [0.3, 0.4) is 0 Å². The van der Waals surface area contributed by atoms with Gasteiger partial charge in [-0.1, -0.05) is 42.5 Å². The summed E-state index contributed by atoms with van der Waals surface area (Å²) in [6, 6.07) is 18.3. The van der Waals surface area contributed by atoms with Crippen LogP contribution in [0.15, 0.2) is 82.8 Å². The summed E-state index contributed by atoms with van der Waals surface area (Å²) >= 11 is 0. The number of halogens is 1. The molecule has 0 aliphatic heterocycles. The highest BCUT2D eigenvalue weighted by Crippen LogP contribution is 2.13. The Labute approximate surface area is 181 Å². The summed E-state index contributed by atoms with van der Waals surface area (Å²) < 4.78 is 45.0. The molecule has 0 spiro atoms. The molecule has 8 heteroatoms. The number of hydrogen-bond donors (Lipinski definition) is 1. The molecule has 0 bridgehead atoms. The Hall–Kier alpha value is -3.23. The molecule has 2 aromatic carbocycles. The Morgan fingerprint density at radius 3 is 2.45 bits per heavy atom. The molecule has 0 saturated heterocycles. The van der Waals surface area contributed by atoms with Crippen molar-refractivity contribution in [2.75, 3.05) is 13.1 Å². The standard InChI is InChI=1S/C23H23FN2O4S/c24-21-10-8-20(9-11-21)12-14-25-23(27)18-26(17-22-7-4-15-30-22)31(28,29)16-13-19-5-2-1-3-6-19/h1-11,13,15-16H,12,14,17-18H2,(H,25,27)/b16-13+. The highest BCUT2D eigenvalue weighted by Gasteiger charge is 2.23. The summed E-state index contributed by atoms with van der Waals surface area (Å²) in [7, 11) is -3.88. The Morgan fingerprint density at radius 2 is 1.77 bits per heavy atom. The number of nitrogens with one attached hydrogen (secondary N) is 1. The predicted octanol–water partition coefficient (Wildman–Crippen LogP) is 3.58. The molecule has 1 heterocycles. The lowest BCUT2D eigenvalue weighted by molar-refractivity contribution is -0.121. The third-order valence-corrected chi connectivity index (χ3v) is 5.93.